The molecule has 0 aromatic heterocycles. The van der Waals surface area contributed by atoms with Crippen LogP contribution >= 0.6 is 15.6 Å². The number of carbonyl (C=O) groups is 4. The maximum absolute atomic E-state index is 13.1. The molecule has 19 heteroatoms. The topological polar surface area (TPSA) is 237 Å². The van der Waals surface area contributed by atoms with Crippen LogP contribution in [-0.4, -0.2) is 96.7 Å². The number of esters is 4. The van der Waals surface area contributed by atoms with Gasteiger partial charge in [0.2, 0.25) is 0 Å². The van der Waals surface area contributed by atoms with E-state index in [0.29, 0.717) is 38.5 Å². The molecule has 0 spiro atoms. The highest BCUT2D eigenvalue weighted by Crippen LogP contribution is 2.45. The molecular formula is C81H134O17P2. The number of allylic oxidation sites excluding steroid dienone is 24. The molecule has 0 radical (unpaired) electrons. The number of phosphoric ester groups is 2. The largest absolute Gasteiger partial charge is 0.472 e. The first kappa shape index (κ1) is 94.9. The van der Waals surface area contributed by atoms with Gasteiger partial charge < -0.3 is 33.8 Å². The van der Waals surface area contributed by atoms with E-state index in [2.05, 4.69) is 155 Å². The molecule has 0 aromatic carbocycles. The molecule has 0 saturated heterocycles. The van der Waals surface area contributed by atoms with Gasteiger partial charge in [-0.25, -0.2) is 9.13 Å². The van der Waals surface area contributed by atoms with E-state index in [1.807, 2.05) is 18.2 Å². The van der Waals surface area contributed by atoms with Crippen molar-refractivity contribution < 1.29 is 80.2 Å². The fourth-order valence-electron chi connectivity index (χ4n) is 9.56. The van der Waals surface area contributed by atoms with Crippen LogP contribution in [0.3, 0.4) is 0 Å². The van der Waals surface area contributed by atoms with Crippen LogP contribution in [0.4, 0.5) is 0 Å². The number of hydrogen-bond acceptors (Lipinski definition) is 15. The number of aliphatic hydroxyl groups excluding tert-OH is 1. The first-order chi connectivity index (χ1) is 48.7. The first-order valence-electron chi connectivity index (χ1n) is 38.1. The highest BCUT2D eigenvalue weighted by atomic mass is 31.2. The van der Waals surface area contributed by atoms with Gasteiger partial charge in [0, 0.05) is 25.7 Å². The number of ether oxygens (including phenoxy) is 4. The zero-order valence-electron chi connectivity index (χ0n) is 62.1. The molecule has 5 unspecified atom stereocenters. The second kappa shape index (κ2) is 72.3. The minimum atomic E-state index is -5.01. The molecule has 0 aromatic rings. The molecule has 570 valence electrons. The summed E-state index contributed by atoms with van der Waals surface area (Å²) in [6.45, 7) is 4.44. The Balaban J connectivity index is 5.45. The number of carbonyl (C=O) groups excluding carboxylic acids is 4. The van der Waals surface area contributed by atoms with Crippen molar-refractivity contribution in [3.05, 3.63) is 146 Å². The van der Waals surface area contributed by atoms with Crippen molar-refractivity contribution in [2.45, 2.75) is 303 Å². The van der Waals surface area contributed by atoms with Crippen molar-refractivity contribution in [1.29, 1.82) is 0 Å². The van der Waals surface area contributed by atoms with E-state index in [0.717, 1.165) is 135 Å². The van der Waals surface area contributed by atoms with E-state index in [-0.39, 0.29) is 25.7 Å². The first-order valence-corrected chi connectivity index (χ1v) is 41.1. The molecule has 0 aliphatic heterocycles. The van der Waals surface area contributed by atoms with Crippen LogP contribution in [0.5, 0.6) is 0 Å². The SMILES string of the molecule is CC/C=C\C/C=C\C/C=C\C/C=C\C/C=C\C/C=C\CCC(=O)OCC(COP(=O)(O)OCC(O)COP(=O)(O)OCC(COC(=O)CCCCCCC/C=C\C/C=C\CCCCC)OC(=O)CCCCCCCCCCCCC)OC(=O)CCCC/C=C\C/C=C\C/C=C\C/C=C\CC. The normalized spacial score (nSPS) is 14.8. The highest BCUT2D eigenvalue weighted by Gasteiger charge is 2.30. The van der Waals surface area contributed by atoms with Crippen LogP contribution in [0.25, 0.3) is 0 Å². The Morgan fingerprint density at radius 3 is 0.900 bits per heavy atom. The fraction of sp³-hybridized carbons (Fsp3) is 0.654. The molecule has 0 saturated carbocycles. The van der Waals surface area contributed by atoms with E-state index < -0.39 is 97.5 Å². The van der Waals surface area contributed by atoms with Gasteiger partial charge in [-0.3, -0.25) is 37.3 Å². The van der Waals surface area contributed by atoms with E-state index in [1.54, 1.807) is 0 Å². The average molecular weight is 1440 g/mol. The maximum atomic E-state index is 13.1. The lowest BCUT2D eigenvalue weighted by Gasteiger charge is -2.21. The Kier molecular flexibility index (Phi) is 68.6. The summed E-state index contributed by atoms with van der Waals surface area (Å²) >= 11 is 0. The molecule has 0 rings (SSSR count). The summed E-state index contributed by atoms with van der Waals surface area (Å²) in [7, 11) is -9.99. The number of aliphatic hydroxyl groups is 1. The quantitative estimate of drug-likeness (QED) is 0.0169. The van der Waals surface area contributed by atoms with Gasteiger partial charge in [-0.1, -0.05) is 270 Å². The summed E-state index contributed by atoms with van der Waals surface area (Å²) in [4.78, 5) is 72.8. The van der Waals surface area contributed by atoms with Crippen molar-refractivity contribution in [2.24, 2.45) is 0 Å². The van der Waals surface area contributed by atoms with Crippen LogP contribution in [0.1, 0.15) is 285 Å². The van der Waals surface area contributed by atoms with E-state index in [1.165, 1.54) is 57.8 Å². The van der Waals surface area contributed by atoms with Crippen molar-refractivity contribution in [2.75, 3.05) is 39.6 Å². The second-order valence-corrected chi connectivity index (χ2v) is 27.7. The van der Waals surface area contributed by atoms with Crippen LogP contribution in [0, 0.1) is 0 Å². The van der Waals surface area contributed by atoms with Crippen LogP contribution in [-0.2, 0) is 65.4 Å². The lowest BCUT2D eigenvalue weighted by Crippen LogP contribution is -2.30. The van der Waals surface area contributed by atoms with E-state index in [9.17, 15) is 43.2 Å². The third kappa shape index (κ3) is 71.3. The molecule has 0 fully saturated rings. The Morgan fingerprint density at radius 2 is 0.540 bits per heavy atom. The van der Waals surface area contributed by atoms with Gasteiger partial charge in [0.1, 0.15) is 19.3 Å². The summed E-state index contributed by atoms with van der Waals surface area (Å²) in [6.07, 6.45) is 81.5. The van der Waals surface area contributed by atoms with Crippen molar-refractivity contribution in [3.63, 3.8) is 0 Å². The average Bonchev–Trinajstić information content (AvgIpc) is 0.985. The number of unbranched alkanes of at least 4 members (excludes halogenated alkanes) is 20. The number of hydrogen-bond donors (Lipinski definition) is 3. The van der Waals surface area contributed by atoms with Crippen LogP contribution < -0.4 is 0 Å². The molecule has 100 heavy (non-hydrogen) atoms. The lowest BCUT2D eigenvalue weighted by molar-refractivity contribution is -0.161. The molecule has 3 N–H and O–H groups in total. The van der Waals surface area contributed by atoms with E-state index >= 15 is 0 Å². The zero-order valence-corrected chi connectivity index (χ0v) is 63.9. The summed E-state index contributed by atoms with van der Waals surface area (Å²) in [5.41, 5.74) is 0. The second-order valence-electron chi connectivity index (χ2n) is 24.8. The van der Waals surface area contributed by atoms with Crippen molar-refractivity contribution in [3.8, 4) is 0 Å². The van der Waals surface area contributed by atoms with E-state index in [4.69, 9.17) is 37.0 Å². The number of phosphoric acid groups is 2. The summed E-state index contributed by atoms with van der Waals surface area (Å²) < 4.78 is 68.3. The highest BCUT2D eigenvalue weighted by molar-refractivity contribution is 7.47. The van der Waals surface area contributed by atoms with Crippen molar-refractivity contribution in [1.82, 2.24) is 0 Å². The smallest absolute Gasteiger partial charge is 0.462 e. The standard InChI is InChI=1S/C81H134O17P2/c1-5-9-13-17-21-25-29-32-35-36-37-38-41-43-47-50-54-58-62-66-79(84)92-72-77(98-81(86)68-64-60-56-52-48-44-40-34-31-27-23-19-15-11-7-3)74-96-100(89,90)94-70-75(82)69-93-99(87,88)95-73-76(97-80(85)67-63-59-55-51-45-28-24-20-16-12-8-4)71-91-78(83)65-61-57-53-49-46-42-39-33-30-26-22-18-14-10-6-2/h9,11,13,15,21-23,25-27,32-35,37-40,43,47-48,52,54,58,75-77,82H,5-8,10,12,14,16-20,24,28-31,36,41-42,44-46,49-51,53,55-57,59-74H2,1-4H3,(H,87,88)(H,89,90)/b13-9-,15-11-,25-21-,26-22-,27-23-,35-32-,38-37-,39-33-,40-34-,47-43-,52-48-,58-54-. The van der Waals surface area contributed by atoms with Gasteiger partial charge in [0.05, 0.1) is 26.4 Å². The monoisotopic (exact) mass is 1440 g/mol. The Bertz CT molecular complexity index is 2470. The number of rotatable bonds is 70. The molecule has 5 atom stereocenters. The van der Waals surface area contributed by atoms with Gasteiger partial charge >= 0.3 is 39.5 Å². The molecular weight excluding hydrogens is 1310 g/mol. The third-order valence-electron chi connectivity index (χ3n) is 15.3. The minimum Gasteiger partial charge on any atom is -0.462 e. The Morgan fingerprint density at radius 1 is 0.290 bits per heavy atom. The van der Waals surface area contributed by atoms with Gasteiger partial charge in [-0.15, -0.1) is 0 Å². The van der Waals surface area contributed by atoms with Gasteiger partial charge in [-0.05, 0) is 135 Å². The van der Waals surface area contributed by atoms with Crippen LogP contribution in [0.15, 0.2) is 146 Å². The summed E-state index contributed by atoms with van der Waals surface area (Å²) in [5.74, 6) is -2.34. The predicted octanol–water partition coefficient (Wildman–Crippen LogP) is 21.9. The summed E-state index contributed by atoms with van der Waals surface area (Å²) in [6, 6.07) is 0. The molecule has 0 amide bonds. The fourth-order valence-corrected chi connectivity index (χ4v) is 11.1. The Labute approximate surface area is 605 Å². The van der Waals surface area contributed by atoms with Crippen LogP contribution in [0.2, 0.25) is 0 Å². The van der Waals surface area contributed by atoms with Gasteiger partial charge in [0.15, 0.2) is 12.2 Å². The zero-order chi connectivity index (χ0) is 73.2. The maximum Gasteiger partial charge on any atom is 0.472 e. The Hall–Kier alpha value is -5.06. The lowest BCUT2D eigenvalue weighted by atomic mass is 10.1. The predicted molar refractivity (Wildman–Crippen MR) is 408 cm³/mol. The summed E-state index contributed by atoms with van der Waals surface area (Å²) in [5, 5.41) is 10.6. The van der Waals surface area contributed by atoms with Gasteiger partial charge in [0.25, 0.3) is 0 Å². The molecule has 0 aliphatic rings. The molecule has 0 heterocycles. The van der Waals surface area contributed by atoms with Crippen molar-refractivity contribution >= 4 is 39.5 Å². The minimum absolute atomic E-state index is 0.0223. The molecule has 0 aliphatic carbocycles. The molecule has 0 bridgehead atoms. The third-order valence-corrected chi connectivity index (χ3v) is 17.2. The molecule has 17 nitrogen and oxygen atoms in total. The van der Waals surface area contributed by atoms with Gasteiger partial charge in [-0.2, -0.15) is 0 Å².